The molecule has 5 heteroatoms. The van der Waals surface area contributed by atoms with Crippen molar-refractivity contribution in [3.63, 3.8) is 0 Å². The summed E-state index contributed by atoms with van der Waals surface area (Å²) in [6.07, 6.45) is 0. The van der Waals surface area contributed by atoms with Crippen LogP contribution in [-0.2, 0) is 0 Å². The van der Waals surface area contributed by atoms with E-state index in [-0.39, 0.29) is 18.1 Å². The quantitative estimate of drug-likeness (QED) is 0.776. The predicted molar refractivity (Wildman–Crippen MR) is 76.9 cm³/mol. The van der Waals surface area contributed by atoms with Crippen molar-refractivity contribution in [1.29, 1.82) is 0 Å². The summed E-state index contributed by atoms with van der Waals surface area (Å²) in [4.78, 5) is 12.0. The second-order valence-corrected chi connectivity index (χ2v) is 4.85. The zero-order chi connectivity index (χ0) is 14.5. The van der Waals surface area contributed by atoms with E-state index < -0.39 is 5.82 Å². The molecule has 0 N–H and O–H groups in total. The first-order valence-corrected chi connectivity index (χ1v) is 6.65. The molecule has 0 fully saturated rings. The average Bonchev–Trinajstić information content (AvgIpc) is 2.46. The topological polar surface area (TPSA) is 35.5 Å². The maximum absolute atomic E-state index is 13.3. The largest absolute Gasteiger partial charge is 0.496 e. The van der Waals surface area contributed by atoms with Crippen molar-refractivity contribution in [2.24, 2.45) is 0 Å². The molecule has 0 spiro atoms. The van der Waals surface area contributed by atoms with Gasteiger partial charge in [0.25, 0.3) is 0 Å². The summed E-state index contributed by atoms with van der Waals surface area (Å²) in [6.45, 7) is -0.223. The van der Waals surface area contributed by atoms with Crippen LogP contribution in [-0.4, -0.2) is 19.5 Å². The van der Waals surface area contributed by atoms with Crippen LogP contribution in [0, 0.1) is 5.82 Å². The molecule has 104 valence electrons. The van der Waals surface area contributed by atoms with Gasteiger partial charge in [0, 0.05) is 5.56 Å². The van der Waals surface area contributed by atoms with Crippen LogP contribution < -0.4 is 9.47 Å². The van der Waals surface area contributed by atoms with Gasteiger partial charge < -0.3 is 9.47 Å². The number of methoxy groups -OCH3 is 1. The molecule has 0 heterocycles. The van der Waals surface area contributed by atoms with E-state index in [1.165, 1.54) is 12.1 Å². The van der Waals surface area contributed by atoms with Crippen LogP contribution in [0.25, 0.3) is 0 Å². The van der Waals surface area contributed by atoms with Gasteiger partial charge in [-0.1, -0.05) is 12.1 Å². The van der Waals surface area contributed by atoms with Crippen molar-refractivity contribution in [3.8, 4) is 11.5 Å². The van der Waals surface area contributed by atoms with Gasteiger partial charge in [-0.25, -0.2) is 4.39 Å². The molecule has 0 radical (unpaired) electrons. The highest BCUT2D eigenvalue weighted by molar-refractivity contribution is 9.10. The Balaban J connectivity index is 2.05. The van der Waals surface area contributed by atoms with Gasteiger partial charge in [-0.15, -0.1) is 0 Å². The zero-order valence-corrected chi connectivity index (χ0v) is 12.3. The van der Waals surface area contributed by atoms with E-state index >= 15 is 0 Å². The Kier molecular flexibility index (Phi) is 4.74. The molecule has 0 aliphatic heterocycles. The first-order chi connectivity index (χ1) is 9.61. The lowest BCUT2D eigenvalue weighted by Gasteiger charge is -2.08. The van der Waals surface area contributed by atoms with Crippen molar-refractivity contribution in [3.05, 3.63) is 58.3 Å². The maximum atomic E-state index is 13.3. The highest BCUT2D eigenvalue weighted by Crippen LogP contribution is 2.25. The van der Waals surface area contributed by atoms with Crippen LogP contribution in [0.2, 0.25) is 0 Å². The fourth-order valence-electron chi connectivity index (χ4n) is 1.63. The Morgan fingerprint density at radius 3 is 2.60 bits per heavy atom. The van der Waals surface area contributed by atoms with E-state index in [0.29, 0.717) is 15.8 Å². The van der Waals surface area contributed by atoms with Crippen LogP contribution in [0.1, 0.15) is 10.4 Å². The number of hydrogen-bond donors (Lipinski definition) is 0. The van der Waals surface area contributed by atoms with Crippen molar-refractivity contribution < 1.29 is 18.7 Å². The second kappa shape index (κ2) is 6.52. The number of carbonyl (C=O) groups excluding carboxylic acids is 1. The molecule has 0 bridgehead atoms. The van der Waals surface area contributed by atoms with Crippen LogP contribution in [0.3, 0.4) is 0 Å². The van der Waals surface area contributed by atoms with Gasteiger partial charge in [0.15, 0.2) is 24.0 Å². The summed E-state index contributed by atoms with van der Waals surface area (Å²) in [5, 5.41) is 0. The van der Waals surface area contributed by atoms with Crippen molar-refractivity contribution in [1.82, 2.24) is 0 Å². The highest BCUT2D eigenvalue weighted by Gasteiger charge is 2.11. The molecule has 0 unspecified atom stereocenters. The van der Waals surface area contributed by atoms with Gasteiger partial charge in [0.05, 0.1) is 11.6 Å². The number of benzene rings is 2. The number of hydrogen-bond acceptors (Lipinski definition) is 3. The third-order valence-electron chi connectivity index (χ3n) is 2.67. The molecule has 0 atom stereocenters. The van der Waals surface area contributed by atoms with Gasteiger partial charge in [-0.05, 0) is 46.3 Å². The number of para-hydroxylation sites is 1. The second-order valence-electron chi connectivity index (χ2n) is 3.99. The Bertz CT molecular complexity index is 628. The van der Waals surface area contributed by atoms with E-state index in [2.05, 4.69) is 15.9 Å². The van der Waals surface area contributed by atoms with E-state index in [9.17, 15) is 9.18 Å². The summed E-state index contributed by atoms with van der Waals surface area (Å²) in [6, 6.07) is 10.9. The molecular formula is C15H12BrFO3. The fourth-order valence-corrected chi connectivity index (χ4v) is 2.17. The Morgan fingerprint density at radius 2 is 1.95 bits per heavy atom. The Labute approximate surface area is 124 Å². The van der Waals surface area contributed by atoms with Crippen LogP contribution in [0.15, 0.2) is 46.9 Å². The summed E-state index contributed by atoms with van der Waals surface area (Å²) in [5.41, 5.74) is 0.467. The first-order valence-electron chi connectivity index (χ1n) is 5.86. The van der Waals surface area contributed by atoms with E-state index in [1.807, 2.05) is 0 Å². The summed E-state index contributed by atoms with van der Waals surface area (Å²) >= 11 is 3.31. The van der Waals surface area contributed by atoms with E-state index in [0.717, 1.165) is 0 Å². The van der Waals surface area contributed by atoms with Crippen molar-refractivity contribution in [2.45, 2.75) is 0 Å². The van der Waals surface area contributed by atoms with Crippen molar-refractivity contribution in [2.75, 3.05) is 13.7 Å². The third kappa shape index (κ3) is 3.36. The minimum Gasteiger partial charge on any atom is -0.496 e. The van der Waals surface area contributed by atoms with Gasteiger partial charge >= 0.3 is 0 Å². The normalized spacial score (nSPS) is 10.2. The Hall–Kier alpha value is -1.88. The lowest BCUT2D eigenvalue weighted by atomic mass is 10.1. The fraction of sp³-hybridized carbons (Fsp3) is 0.133. The van der Waals surface area contributed by atoms with Crippen LogP contribution >= 0.6 is 15.9 Å². The van der Waals surface area contributed by atoms with Gasteiger partial charge in [0.2, 0.25) is 0 Å². The standard InChI is InChI=1S/C15H12BrFO3/c1-19-14-7-6-10(8-11(14)16)13(18)9-20-15-5-3-2-4-12(15)17/h2-8H,9H2,1H3. The minimum atomic E-state index is -0.490. The van der Waals surface area contributed by atoms with Gasteiger partial charge in [-0.3, -0.25) is 4.79 Å². The lowest BCUT2D eigenvalue weighted by molar-refractivity contribution is 0.0918. The number of rotatable bonds is 5. The number of ketones is 1. The first kappa shape index (κ1) is 14.5. The monoisotopic (exact) mass is 338 g/mol. The highest BCUT2D eigenvalue weighted by atomic mass is 79.9. The van der Waals surface area contributed by atoms with Crippen LogP contribution in [0.5, 0.6) is 11.5 Å². The SMILES string of the molecule is COc1ccc(C(=O)COc2ccccc2F)cc1Br. The number of carbonyl (C=O) groups is 1. The Morgan fingerprint density at radius 1 is 1.20 bits per heavy atom. The molecule has 2 aromatic rings. The third-order valence-corrected chi connectivity index (χ3v) is 3.29. The molecule has 20 heavy (non-hydrogen) atoms. The van der Waals surface area contributed by atoms with Crippen molar-refractivity contribution >= 4 is 21.7 Å². The van der Waals surface area contributed by atoms with Crippen LogP contribution in [0.4, 0.5) is 4.39 Å². The minimum absolute atomic E-state index is 0.0634. The molecule has 2 rings (SSSR count). The average molecular weight is 339 g/mol. The number of Topliss-reactive ketones (excluding diaryl/α,β-unsaturated/α-hetero) is 1. The molecule has 0 aromatic heterocycles. The molecule has 0 amide bonds. The van der Waals surface area contributed by atoms with Gasteiger partial charge in [0.1, 0.15) is 5.75 Å². The summed E-state index contributed by atoms with van der Waals surface area (Å²) in [7, 11) is 1.54. The van der Waals surface area contributed by atoms with E-state index in [1.54, 1.807) is 37.4 Å². The summed E-state index contributed by atoms with van der Waals surface area (Å²) in [5.74, 6) is -0.0298. The number of ether oxygens (including phenoxy) is 2. The molecule has 0 aliphatic rings. The molecule has 0 aliphatic carbocycles. The molecule has 0 saturated carbocycles. The molecule has 0 saturated heterocycles. The molecule has 2 aromatic carbocycles. The maximum Gasteiger partial charge on any atom is 0.200 e. The number of halogens is 2. The smallest absolute Gasteiger partial charge is 0.200 e. The molecular weight excluding hydrogens is 327 g/mol. The van der Waals surface area contributed by atoms with E-state index in [4.69, 9.17) is 9.47 Å². The van der Waals surface area contributed by atoms with Gasteiger partial charge in [-0.2, -0.15) is 0 Å². The zero-order valence-electron chi connectivity index (χ0n) is 10.7. The summed E-state index contributed by atoms with van der Waals surface area (Å²) < 4.78 is 24.3. The predicted octanol–water partition coefficient (Wildman–Crippen LogP) is 3.86. The lowest BCUT2D eigenvalue weighted by Crippen LogP contribution is -2.12. The molecule has 3 nitrogen and oxygen atoms in total.